The smallest absolute Gasteiger partial charge is 0.254 e. The van der Waals surface area contributed by atoms with Gasteiger partial charge >= 0.3 is 0 Å². The number of hydrogen-bond donors (Lipinski definition) is 0. The molecule has 0 spiro atoms. The summed E-state index contributed by atoms with van der Waals surface area (Å²) in [7, 11) is 0. The average molecular weight is 331 g/mol. The second kappa shape index (κ2) is 6.20. The van der Waals surface area contributed by atoms with Crippen LogP contribution in [0.4, 0.5) is 0 Å². The molecule has 1 aliphatic rings. The Hall–Kier alpha value is -2.88. The van der Waals surface area contributed by atoms with Crippen LogP contribution >= 0.6 is 0 Å². The molecule has 0 saturated carbocycles. The number of hydrogen-bond acceptors (Lipinski definition) is 2. The molecule has 0 saturated heterocycles. The minimum absolute atomic E-state index is 0.0788. The third kappa shape index (κ3) is 2.95. The first-order chi connectivity index (χ1) is 12.1. The van der Waals surface area contributed by atoms with E-state index in [9.17, 15) is 4.79 Å². The van der Waals surface area contributed by atoms with Crippen molar-refractivity contribution >= 4 is 5.91 Å². The molecule has 0 unspecified atom stereocenters. The zero-order valence-corrected chi connectivity index (χ0v) is 14.6. The summed E-state index contributed by atoms with van der Waals surface area (Å²) in [5.74, 6) is 1.03. The minimum atomic E-state index is 0.0788. The molecule has 2 aromatic carbocycles. The molecule has 4 rings (SSSR count). The molecule has 0 fully saturated rings. The Kier molecular flexibility index (Phi) is 3.88. The highest BCUT2D eigenvalue weighted by Gasteiger charge is 2.24. The first kappa shape index (κ1) is 15.6. The third-order valence-corrected chi connectivity index (χ3v) is 4.73. The Morgan fingerprint density at radius 1 is 1.00 bits per heavy atom. The second-order valence-corrected chi connectivity index (χ2v) is 6.68. The van der Waals surface area contributed by atoms with Crippen molar-refractivity contribution < 1.29 is 4.79 Å². The number of carbonyl (C=O) groups is 1. The van der Waals surface area contributed by atoms with Crippen molar-refractivity contribution in [1.82, 2.24) is 14.5 Å². The van der Waals surface area contributed by atoms with Gasteiger partial charge in [-0.2, -0.15) is 0 Å². The molecule has 25 heavy (non-hydrogen) atoms. The topological polar surface area (TPSA) is 38.1 Å². The van der Waals surface area contributed by atoms with Crippen LogP contribution in [0.25, 0.3) is 11.3 Å². The van der Waals surface area contributed by atoms with E-state index >= 15 is 0 Å². The molecule has 4 heteroatoms. The quantitative estimate of drug-likeness (QED) is 0.716. The monoisotopic (exact) mass is 331 g/mol. The van der Waals surface area contributed by atoms with Crippen LogP contribution in [-0.4, -0.2) is 26.9 Å². The Morgan fingerprint density at radius 2 is 1.76 bits per heavy atom. The lowest BCUT2D eigenvalue weighted by Gasteiger charge is -2.29. The normalized spacial score (nSPS) is 13.6. The molecule has 126 valence electrons. The fraction of sp³-hybridized carbons (Fsp3) is 0.238. The molecule has 2 heterocycles. The van der Waals surface area contributed by atoms with Gasteiger partial charge in [0.2, 0.25) is 0 Å². The summed E-state index contributed by atoms with van der Waals surface area (Å²) >= 11 is 0. The van der Waals surface area contributed by atoms with Crippen molar-refractivity contribution in [2.75, 3.05) is 6.54 Å². The number of amides is 1. The zero-order chi connectivity index (χ0) is 17.4. The van der Waals surface area contributed by atoms with Crippen LogP contribution in [0, 0.1) is 13.8 Å². The second-order valence-electron chi connectivity index (χ2n) is 6.68. The maximum absolute atomic E-state index is 12.8. The van der Waals surface area contributed by atoms with Crippen LogP contribution in [-0.2, 0) is 13.1 Å². The van der Waals surface area contributed by atoms with E-state index in [0.717, 1.165) is 29.2 Å². The molecule has 1 aromatic heterocycles. The minimum Gasteiger partial charge on any atom is -0.329 e. The number of rotatable bonds is 2. The molecule has 0 atom stereocenters. The molecule has 4 nitrogen and oxygen atoms in total. The third-order valence-electron chi connectivity index (χ3n) is 4.73. The van der Waals surface area contributed by atoms with Crippen molar-refractivity contribution in [3.05, 3.63) is 77.2 Å². The lowest BCUT2D eigenvalue weighted by atomic mass is 10.1. The highest BCUT2D eigenvalue weighted by molar-refractivity contribution is 5.94. The van der Waals surface area contributed by atoms with E-state index in [1.54, 1.807) is 0 Å². The number of fused-ring (bicyclic) bond motifs is 1. The van der Waals surface area contributed by atoms with E-state index in [1.807, 2.05) is 42.3 Å². The molecular formula is C21H21N3O. The Balaban J connectivity index is 1.60. The number of carbonyl (C=O) groups excluding carboxylic acids is 1. The van der Waals surface area contributed by atoms with Crippen LogP contribution in [0.5, 0.6) is 0 Å². The molecule has 1 aliphatic heterocycles. The van der Waals surface area contributed by atoms with Crippen LogP contribution in [0.3, 0.4) is 0 Å². The first-order valence-electron chi connectivity index (χ1n) is 8.59. The van der Waals surface area contributed by atoms with Crippen LogP contribution < -0.4 is 0 Å². The maximum atomic E-state index is 12.8. The summed E-state index contributed by atoms with van der Waals surface area (Å²) in [6.45, 7) is 6.14. The SMILES string of the molecule is Cc1cccc(C(=O)N2CCn3c(-c4cccc(C)c4)cnc3C2)c1. The van der Waals surface area contributed by atoms with E-state index in [2.05, 4.69) is 40.7 Å². The van der Waals surface area contributed by atoms with Crippen LogP contribution in [0.15, 0.2) is 54.7 Å². The van der Waals surface area contributed by atoms with Crippen molar-refractivity contribution in [3.63, 3.8) is 0 Å². The largest absolute Gasteiger partial charge is 0.329 e. The van der Waals surface area contributed by atoms with Gasteiger partial charge in [0.15, 0.2) is 0 Å². The van der Waals surface area contributed by atoms with Gasteiger partial charge in [0.25, 0.3) is 5.91 Å². The fourth-order valence-electron chi connectivity index (χ4n) is 3.43. The van der Waals surface area contributed by atoms with Crippen LogP contribution in [0.2, 0.25) is 0 Å². The predicted octanol–water partition coefficient (Wildman–Crippen LogP) is 3.82. The van der Waals surface area contributed by atoms with Gasteiger partial charge in [-0.3, -0.25) is 4.79 Å². The molecule has 0 aliphatic carbocycles. The maximum Gasteiger partial charge on any atom is 0.254 e. The zero-order valence-electron chi connectivity index (χ0n) is 14.6. The molecule has 1 amide bonds. The van der Waals surface area contributed by atoms with Gasteiger partial charge in [-0.1, -0.05) is 41.5 Å². The standard InChI is InChI=1S/C21H21N3O/c1-15-5-3-7-17(11-15)19-13-22-20-14-23(9-10-24(19)20)21(25)18-8-4-6-16(2)12-18/h3-8,11-13H,9-10,14H2,1-2H3. The summed E-state index contributed by atoms with van der Waals surface area (Å²) in [4.78, 5) is 19.2. The van der Waals surface area contributed by atoms with Gasteiger partial charge in [-0.05, 0) is 32.0 Å². The summed E-state index contributed by atoms with van der Waals surface area (Å²) in [6.07, 6.45) is 1.92. The lowest BCUT2D eigenvalue weighted by molar-refractivity contribution is 0.0708. The summed E-state index contributed by atoms with van der Waals surface area (Å²) < 4.78 is 2.23. The molecule has 0 N–H and O–H groups in total. The Morgan fingerprint density at radius 3 is 2.52 bits per heavy atom. The van der Waals surface area contributed by atoms with Gasteiger partial charge < -0.3 is 9.47 Å². The first-order valence-corrected chi connectivity index (χ1v) is 8.59. The van der Waals surface area contributed by atoms with Gasteiger partial charge in [-0.25, -0.2) is 4.98 Å². The van der Waals surface area contributed by atoms with Gasteiger partial charge in [-0.15, -0.1) is 0 Å². The van der Waals surface area contributed by atoms with E-state index in [-0.39, 0.29) is 5.91 Å². The molecule has 0 radical (unpaired) electrons. The Bertz CT molecular complexity index is 942. The number of aromatic nitrogens is 2. The molecule has 3 aromatic rings. The van der Waals surface area contributed by atoms with Gasteiger partial charge in [0.1, 0.15) is 5.82 Å². The van der Waals surface area contributed by atoms with E-state index in [1.165, 1.54) is 11.1 Å². The molecule has 0 bridgehead atoms. The van der Waals surface area contributed by atoms with E-state index in [0.29, 0.717) is 13.1 Å². The van der Waals surface area contributed by atoms with Gasteiger partial charge in [0, 0.05) is 24.2 Å². The number of imidazole rings is 1. The van der Waals surface area contributed by atoms with Crippen molar-refractivity contribution in [2.24, 2.45) is 0 Å². The lowest BCUT2D eigenvalue weighted by Crippen LogP contribution is -2.38. The van der Waals surface area contributed by atoms with E-state index in [4.69, 9.17) is 0 Å². The highest BCUT2D eigenvalue weighted by Crippen LogP contribution is 2.25. The summed E-state index contributed by atoms with van der Waals surface area (Å²) in [5, 5.41) is 0. The molecular weight excluding hydrogens is 310 g/mol. The highest BCUT2D eigenvalue weighted by atomic mass is 16.2. The number of aryl methyl sites for hydroxylation is 2. The van der Waals surface area contributed by atoms with Crippen molar-refractivity contribution in [3.8, 4) is 11.3 Å². The Labute approximate surface area is 147 Å². The van der Waals surface area contributed by atoms with Crippen molar-refractivity contribution in [1.29, 1.82) is 0 Å². The summed E-state index contributed by atoms with van der Waals surface area (Å²) in [5.41, 5.74) is 5.39. The van der Waals surface area contributed by atoms with Crippen molar-refractivity contribution in [2.45, 2.75) is 26.9 Å². The number of nitrogens with zero attached hydrogens (tertiary/aromatic N) is 3. The van der Waals surface area contributed by atoms with Crippen LogP contribution in [0.1, 0.15) is 27.3 Å². The summed E-state index contributed by atoms with van der Waals surface area (Å²) in [6, 6.07) is 16.2. The number of benzene rings is 2. The van der Waals surface area contributed by atoms with E-state index < -0.39 is 0 Å². The average Bonchev–Trinajstić information content (AvgIpc) is 3.04. The fourth-order valence-corrected chi connectivity index (χ4v) is 3.43. The van der Waals surface area contributed by atoms with Gasteiger partial charge in [0.05, 0.1) is 18.4 Å². The predicted molar refractivity (Wildman–Crippen MR) is 98.3 cm³/mol.